The molecular formula is C100H117Cl8N21O6. The van der Waals surface area contributed by atoms with Gasteiger partial charge in [0.15, 0.2) is 0 Å². The lowest BCUT2D eigenvalue weighted by atomic mass is 10.0. The van der Waals surface area contributed by atoms with Crippen molar-refractivity contribution in [1.29, 1.82) is 0 Å². The minimum atomic E-state index is -0.241. The summed E-state index contributed by atoms with van der Waals surface area (Å²) in [6.07, 6.45) is 14.5. The molecule has 35 heteroatoms. The molecule has 4 aromatic heterocycles. The van der Waals surface area contributed by atoms with E-state index in [-0.39, 0.29) is 109 Å². The van der Waals surface area contributed by atoms with E-state index in [0.29, 0.717) is 79.4 Å². The van der Waals surface area contributed by atoms with Gasteiger partial charge in [0.2, 0.25) is 23.6 Å². The predicted octanol–water partition coefficient (Wildman–Crippen LogP) is 16.7. The average molecular weight is 1990 g/mol. The van der Waals surface area contributed by atoms with Crippen molar-refractivity contribution >= 4 is 183 Å². The number of carbonyl (C=O) groups is 4. The first-order valence-electron chi connectivity index (χ1n) is 47.2. The fraction of sp³-hybridized carbons (Fsp3) is 0.450. The fourth-order valence-electron chi connectivity index (χ4n) is 20.4. The molecule has 8 aliphatic heterocycles. The van der Waals surface area contributed by atoms with Crippen LogP contribution in [0, 0.1) is 0 Å². The number of aliphatic hydroxyl groups is 2. The predicted molar refractivity (Wildman–Crippen MR) is 543 cm³/mol. The molecule has 20 rings (SSSR count). The minimum Gasteiger partial charge on any atom is -0.394 e. The molecule has 8 fully saturated rings. The SMILES string of the molecule is CC(c1ccc(Cl)cc1Cl)n1cnc2ccc(N3CCN(C(=O)C4CCN4)[C@H](C)C3)cc21.CC(c1ccc(Cl)cc1Cl)n1cnc2ccc(N3CCN(C(=O)[C@H]4CCCN4)[C@H](CO)C3)cc21.CC(c1ccc(Cl)cc1Cl)n1nnc2ccc(N3CCN(C(=O)[C@H]4CCCN4)[C@H](CO)C3)cc21.CC[C@@H]1CN(c2ccc3ncn(C(C)c4ccc(Cl)cc4Cl)c3c2)CCN1C(=O)[C@H]1CCCCN1. The maximum absolute atomic E-state index is 13.2. The van der Waals surface area contributed by atoms with Gasteiger partial charge in [-0.3, -0.25) is 19.2 Å². The Morgan fingerprint density at radius 2 is 0.681 bits per heavy atom. The lowest BCUT2D eigenvalue weighted by Gasteiger charge is -2.44. The van der Waals surface area contributed by atoms with Crippen LogP contribution < -0.4 is 40.9 Å². The quantitative estimate of drug-likeness (QED) is 0.0439. The van der Waals surface area contributed by atoms with Gasteiger partial charge in [0.1, 0.15) is 5.52 Å². The number of aliphatic hydroxyl groups excluding tert-OH is 2. The second-order valence-corrected chi connectivity index (χ2v) is 40.0. The lowest BCUT2D eigenvalue weighted by molar-refractivity contribution is -0.138. The van der Waals surface area contributed by atoms with Gasteiger partial charge in [0.25, 0.3) is 0 Å². The molecule has 0 radical (unpaired) electrons. The molecule has 12 heterocycles. The van der Waals surface area contributed by atoms with E-state index in [4.69, 9.17) is 92.8 Å². The van der Waals surface area contributed by atoms with E-state index in [2.05, 4.69) is 174 Å². The van der Waals surface area contributed by atoms with Crippen molar-refractivity contribution in [3.8, 4) is 0 Å². The van der Waals surface area contributed by atoms with Crippen molar-refractivity contribution in [3.05, 3.63) is 227 Å². The number of halogens is 8. The van der Waals surface area contributed by atoms with Crippen LogP contribution in [0.4, 0.5) is 22.7 Å². The highest BCUT2D eigenvalue weighted by molar-refractivity contribution is 6.37. The molecule has 4 amide bonds. The van der Waals surface area contributed by atoms with E-state index in [1.807, 2.05) is 112 Å². The lowest BCUT2D eigenvalue weighted by Crippen LogP contribution is -2.61. The number of nitrogens with one attached hydrogen (secondary N) is 4. The highest BCUT2D eigenvalue weighted by Crippen LogP contribution is 2.40. The summed E-state index contributed by atoms with van der Waals surface area (Å²) in [5.41, 5.74) is 15.9. The summed E-state index contributed by atoms with van der Waals surface area (Å²) >= 11 is 50.3. The topological polar surface area (TPSA) is 267 Å². The number of anilines is 4. The Bertz CT molecular complexity index is 6050. The van der Waals surface area contributed by atoms with Gasteiger partial charge < -0.3 is 84.4 Å². The van der Waals surface area contributed by atoms with Crippen molar-refractivity contribution < 1.29 is 29.4 Å². The van der Waals surface area contributed by atoms with Gasteiger partial charge in [-0.15, -0.1) is 5.10 Å². The molecular weight excluding hydrogens is 1870 g/mol. The Morgan fingerprint density at radius 3 is 1.02 bits per heavy atom. The van der Waals surface area contributed by atoms with Gasteiger partial charge in [-0.25, -0.2) is 19.6 Å². The molecule has 12 aromatic rings. The molecule has 714 valence electrons. The molecule has 0 bridgehead atoms. The summed E-state index contributed by atoms with van der Waals surface area (Å²) in [6, 6.07) is 46.9. The zero-order valence-corrected chi connectivity index (χ0v) is 82.8. The number of amides is 4. The largest absolute Gasteiger partial charge is 0.394 e. The summed E-state index contributed by atoms with van der Waals surface area (Å²) < 4.78 is 8.30. The van der Waals surface area contributed by atoms with Crippen LogP contribution in [0.1, 0.15) is 146 Å². The Labute approximate surface area is 827 Å². The van der Waals surface area contributed by atoms with Gasteiger partial charge >= 0.3 is 0 Å². The molecule has 8 saturated heterocycles. The van der Waals surface area contributed by atoms with Crippen molar-refractivity contribution in [2.45, 2.75) is 172 Å². The number of imidazole rings is 3. The van der Waals surface area contributed by atoms with E-state index in [9.17, 15) is 29.4 Å². The summed E-state index contributed by atoms with van der Waals surface area (Å²) in [5, 5.41) is 47.0. The molecule has 5 unspecified atom stereocenters. The van der Waals surface area contributed by atoms with Crippen LogP contribution in [0.15, 0.2) is 165 Å². The number of nitrogens with zero attached hydrogens (tertiary/aromatic N) is 17. The maximum atomic E-state index is 13.2. The smallest absolute Gasteiger partial charge is 0.240 e. The van der Waals surface area contributed by atoms with Crippen LogP contribution in [0.5, 0.6) is 0 Å². The first-order valence-corrected chi connectivity index (χ1v) is 50.2. The third-order valence-electron chi connectivity index (χ3n) is 28.4. The monoisotopic (exact) mass is 1990 g/mol. The second kappa shape index (κ2) is 43.4. The van der Waals surface area contributed by atoms with Gasteiger partial charge in [0.05, 0.1) is 131 Å². The van der Waals surface area contributed by atoms with E-state index in [1.165, 1.54) is 0 Å². The highest BCUT2D eigenvalue weighted by Gasteiger charge is 2.41. The van der Waals surface area contributed by atoms with Gasteiger partial charge in [-0.05, 0) is 256 Å². The highest BCUT2D eigenvalue weighted by atomic mass is 35.5. The van der Waals surface area contributed by atoms with Gasteiger partial charge in [0, 0.05) is 154 Å². The van der Waals surface area contributed by atoms with Crippen LogP contribution >= 0.6 is 92.8 Å². The first-order chi connectivity index (χ1) is 65.3. The standard InChI is InChI=1S/C27H33Cl2N5O.C25H29Cl2N5O2.C24H28Cl2N6O2.C24H27Cl2N5O/c1-3-20-16-32(12-13-33(20)27(35)25-6-4-5-11-30-25)21-8-10-24-26(15-21)34(17-31-24)18(2)22-9-7-19(28)14-23(22)29;1-16(20-6-4-17(26)11-21(20)27)32-15-29-22-7-5-18(12-24(22)32)30-9-10-31(19(13-30)14-33)25(34)23-3-2-8-28-23;1-15(19-6-4-16(25)11-20(19)26)32-23-12-17(5-7-21(23)28-29-32)30-9-10-31(18(13-30)14-33)24(34)22-3-2-8-27-22;1-15-13-29(9-10-30(15)24(32)22-7-8-27-22)18-4-6-21-23(12-18)31(14-28-21)16(2)19-5-3-17(25)11-20(19)26/h7-10,14-15,17-18,20,25,30H,3-6,11-13,16H2,1-2H3;4-7,11-12,15-16,19,23,28,33H,2-3,8-10,13-14H2,1H3;4-7,11-12,15,18,22,27,33H,2-3,8-10,13-14H2,1H3;3-6,11-12,14-16,22,27H,7-10,13H2,1-2H3/t18?,20-,25-;16?,19-,23+;15?,18-,22+;15-,16?,22?/m1001/s1. The van der Waals surface area contributed by atoms with Crippen LogP contribution in [0.3, 0.4) is 0 Å². The molecule has 27 nitrogen and oxygen atoms in total. The Morgan fingerprint density at radius 1 is 0.363 bits per heavy atom. The van der Waals surface area contributed by atoms with Crippen molar-refractivity contribution in [2.24, 2.45) is 0 Å². The number of hydrogen-bond donors (Lipinski definition) is 6. The molecule has 12 atom stereocenters. The summed E-state index contributed by atoms with van der Waals surface area (Å²) in [4.78, 5) is 82.7. The molecule has 0 spiro atoms. The number of piperidine rings is 1. The summed E-state index contributed by atoms with van der Waals surface area (Å²) in [7, 11) is 0. The third kappa shape index (κ3) is 21.3. The van der Waals surface area contributed by atoms with Gasteiger partial charge in [-0.1, -0.05) is 136 Å². The first kappa shape index (κ1) is 97.4. The number of fused-ring (bicyclic) bond motifs is 4. The van der Waals surface area contributed by atoms with Crippen molar-refractivity contribution in [1.82, 2.24) is 84.5 Å². The molecule has 135 heavy (non-hydrogen) atoms. The summed E-state index contributed by atoms with van der Waals surface area (Å²) in [6.45, 7) is 24.7. The van der Waals surface area contributed by atoms with E-state index < -0.39 is 0 Å². The molecule has 8 aromatic carbocycles. The second-order valence-electron chi connectivity index (χ2n) is 36.6. The van der Waals surface area contributed by atoms with Crippen LogP contribution in [0.25, 0.3) is 44.1 Å². The number of benzene rings is 8. The van der Waals surface area contributed by atoms with E-state index >= 15 is 0 Å². The van der Waals surface area contributed by atoms with Crippen LogP contribution in [0.2, 0.25) is 40.2 Å². The Balaban J connectivity index is 0.000000125. The Hall–Kier alpha value is -9.27. The maximum Gasteiger partial charge on any atom is 0.240 e. The number of piperazine rings is 4. The molecule has 6 N–H and O–H groups in total. The fourth-order valence-corrected chi connectivity index (χ4v) is 22.6. The Kier molecular flexibility index (Phi) is 31.3. The van der Waals surface area contributed by atoms with Crippen molar-refractivity contribution in [2.75, 3.05) is 138 Å². The molecule has 0 saturated carbocycles. The van der Waals surface area contributed by atoms with Crippen LogP contribution in [-0.2, 0) is 19.2 Å². The van der Waals surface area contributed by atoms with Crippen molar-refractivity contribution in [3.63, 3.8) is 0 Å². The number of rotatable bonds is 19. The molecule has 0 aliphatic carbocycles. The number of hydrogen-bond acceptors (Lipinski definition) is 19. The van der Waals surface area contributed by atoms with Gasteiger partial charge in [-0.2, -0.15) is 0 Å². The van der Waals surface area contributed by atoms with E-state index in [1.54, 1.807) is 24.3 Å². The van der Waals surface area contributed by atoms with E-state index in [0.717, 1.165) is 212 Å². The summed E-state index contributed by atoms with van der Waals surface area (Å²) in [5.74, 6) is 0.727. The zero-order chi connectivity index (χ0) is 94.6. The average Bonchev–Trinajstić information content (AvgIpc) is 1.71. The van der Waals surface area contributed by atoms with Crippen LogP contribution in [-0.4, -0.2) is 263 Å². The number of aromatic nitrogens is 9. The zero-order valence-electron chi connectivity index (χ0n) is 76.8. The normalized spacial score (nSPS) is 22.0. The molecule has 8 aliphatic rings. The minimum absolute atomic E-state index is 0.0101. The number of carbonyl (C=O) groups excluding carboxylic acids is 4. The third-order valence-corrected chi connectivity index (χ3v) is 30.7.